The van der Waals surface area contributed by atoms with Gasteiger partial charge in [-0.25, -0.2) is 14.1 Å². The quantitative estimate of drug-likeness (QED) is 0.468. The number of nitrogen functional groups attached to an aromatic ring is 1. The maximum absolute atomic E-state index is 13.6. The van der Waals surface area contributed by atoms with Crippen LogP contribution in [0, 0.1) is 5.82 Å². The van der Waals surface area contributed by atoms with Gasteiger partial charge in [0.25, 0.3) is 0 Å². The van der Waals surface area contributed by atoms with E-state index >= 15 is 0 Å². The lowest BCUT2D eigenvalue weighted by Crippen LogP contribution is -2.35. The summed E-state index contributed by atoms with van der Waals surface area (Å²) < 4.78 is 159. The molecule has 0 unspecified atom stereocenters. The van der Waals surface area contributed by atoms with E-state index in [1.54, 1.807) is 0 Å². The van der Waals surface area contributed by atoms with Crippen LogP contribution >= 0.6 is 0 Å². The largest absolute Gasteiger partial charge is 0.459 e. The second-order valence-corrected chi connectivity index (χ2v) is 6.28. The van der Waals surface area contributed by atoms with Crippen molar-refractivity contribution in [3.63, 3.8) is 0 Å². The molecule has 0 radical (unpaired) electrons. The Bertz CT molecular complexity index is 1190. The standard InChI is InChI=1S/C16H6F12N4/c17-5-1-2-8(6(3-5)14(20,21)22)32-11(29)10-7(15(23,24)25)4-9(30-12(10)31-32)13(18,19)16(26,27)28/h1-4H,29H2. The van der Waals surface area contributed by atoms with Gasteiger partial charge in [0.1, 0.15) is 17.3 Å². The molecule has 0 atom stereocenters. The van der Waals surface area contributed by atoms with Crippen LogP contribution in [0.1, 0.15) is 16.8 Å². The van der Waals surface area contributed by atoms with Crippen LogP contribution in [-0.2, 0) is 18.3 Å². The first-order valence-electron chi connectivity index (χ1n) is 7.94. The number of pyridine rings is 1. The molecule has 2 N–H and O–H groups in total. The summed E-state index contributed by atoms with van der Waals surface area (Å²) >= 11 is 0. The fourth-order valence-electron chi connectivity index (χ4n) is 2.74. The molecule has 0 saturated heterocycles. The summed E-state index contributed by atoms with van der Waals surface area (Å²) in [5, 5.41) is 1.85. The Morgan fingerprint density at radius 3 is 1.84 bits per heavy atom. The van der Waals surface area contributed by atoms with Crippen LogP contribution in [0.5, 0.6) is 0 Å². The van der Waals surface area contributed by atoms with Crippen LogP contribution in [0.3, 0.4) is 0 Å². The van der Waals surface area contributed by atoms with Gasteiger partial charge in [0.15, 0.2) is 5.65 Å². The molecule has 0 saturated carbocycles. The van der Waals surface area contributed by atoms with Crippen molar-refractivity contribution in [2.75, 3.05) is 5.73 Å². The summed E-state index contributed by atoms with van der Waals surface area (Å²) in [6.07, 6.45) is -17.2. The lowest BCUT2D eigenvalue weighted by molar-refractivity contribution is -0.291. The maximum atomic E-state index is 13.6. The molecule has 2 aromatic heterocycles. The number of fused-ring (bicyclic) bond motifs is 1. The highest BCUT2D eigenvalue weighted by Crippen LogP contribution is 2.46. The molecular weight excluding hydrogens is 476 g/mol. The number of alkyl halides is 11. The molecule has 0 aliphatic heterocycles. The SMILES string of the molecule is Nc1c2c(C(F)(F)F)cc(C(F)(F)C(F)(F)F)nc2nn1-c1ccc(F)cc1C(F)(F)F. The number of benzene rings is 1. The predicted octanol–water partition coefficient (Wildman–Crippen LogP) is 5.83. The predicted molar refractivity (Wildman–Crippen MR) is 83.2 cm³/mol. The summed E-state index contributed by atoms with van der Waals surface area (Å²) in [7, 11) is 0. The van der Waals surface area contributed by atoms with Gasteiger partial charge in [-0.3, -0.25) is 0 Å². The van der Waals surface area contributed by atoms with Gasteiger partial charge in [0.05, 0.1) is 22.2 Å². The summed E-state index contributed by atoms with van der Waals surface area (Å²) in [6, 6.07) is 0.243. The van der Waals surface area contributed by atoms with E-state index in [2.05, 4.69) is 10.1 Å². The van der Waals surface area contributed by atoms with Crippen molar-refractivity contribution in [3.05, 3.63) is 46.9 Å². The summed E-state index contributed by atoms with van der Waals surface area (Å²) in [6.45, 7) is 0. The van der Waals surface area contributed by atoms with Gasteiger partial charge < -0.3 is 5.73 Å². The molecule has 32 heavy (non-hydrogen) atoms. The van der Waals surface area contributed by atoms with E-state index in [9.17, 15) is 52.7 Å². The monoisotopic (exact) mass is 482 g/mol. The lowest BCUT2D eigenvalue weighted by Gasteiger charge is -2.20. The number of hydrogen-bond acceptors (Lipinski definition) is 3. The zero-order valence-electron chi connectivity index (χ0n) is 14.8. The van der Waals surface area contributed by atoms with Gasteiger partial charge in [-0.15, -0.1) is 5.10 Å². The summed E-state index contributed by atoms with van der Waals surface area (Å²) in [4.78, 5) is 2.77. The first-order valence-corrected chi connectivity index (χ1v) is 7.94. The fraction of sp³-hybridized carbons (Fsp3) is 0.250. The Labute approximate surface area is 168 Å². The molecule has 3 rings (SSSR count). The third kappa shape index (κ3) is 3.77. The fourth-order valence-corrected chi connectivity index (χ4v) is 2.74. The van der Waals surface area contributed by atoms with E-state index in [0.717, 1.165) is 0 Å². The van der Waals surface area contributed by atoms with Gasteiger partial charge in [0.2, 0.25) is 0 Å². The molecule has 0 amide bonds. The zero-order chi connectivity index (χ0) is 24.4. The van der Waals surface area contributed by atoms with Crippen molar-refractivity contribution < 1.29 is 52.7 Å². The number of hydrogen-bond donors (Lipinski definition) is 1. The van der Waals surface area contributed by atoms with Crippen LogP contribution in [0.2, 0.25) is 0 Å². The molecule has 16 heteroatoms. The highest BCUT2D eigenvalue weighted by molar-refractivity contribution is 5.91. The van der Waals surface area contributed by atoms with Crippen LogP contribution in [0.15, 0.2) is 24.3 Å². The smallest absolute Gasteiger partial charge is 0.383 e. The topological polar surface area (TPSA) is 56.7 Å². The molecule has 0 spiro atoms. The minimum absolute atomic E-state index is 0.00924. The Morgan fingerprint density at radius 1 is 0.781 bits per heavy atom. The van der Waals surface area contributed by atoms with E-state index in [-0.39, 0.29) is 10.7 Å². The highest BCUT2D eigenvalue weighted by Gasteiger charge is 2.60. The van der Waals surface area contributed by atoms with E-state index in [1.807, 2.05) is 0 Å². The Hall–Kier alpha value is -3.20. The van der Waals surface area contributed by atoms with Crippen molar-refractivity contribution in [1.29, 1.82) is 0 Å². The third-order valence-corrected chi connectivity index (χ3v) is 4.15. The average molecular weight is 482 g/mol. The molecule has 174 valence electrons. The molecule has 0 aliphatic rings. The molecule has 0 bridgehead atoms. The van der Waals surface area contributed by atoms with E-state index < -0.39 is 75.7 Å². The molecule has 2 heterocycles. The van der Waals surface area contributed by atoms with Crippen molar-refractivity contribution in [3.8, 4) is 5.69 Å². The highest BCUT2D eigenvalue weighted by atomic mass is 19.4. The number of nitrogens with zero attached hydrogens (tertiary/aromatic N) is 3. The second kappa shape index (κ2) is 6.90. The number of nitrogens with two attached hydrogens (primary N) is 1. The van der Waals surface area contributed by atoms with Crippen molar-refractivity contribution >= 4 is 16.9 Å². The van der Waals surface area contributed by atoms with Crippen molar-refractivity contribution in [2.24, 2.45) is 0 Å². The number of aromatic nitrogens is 3. The average Bonchev–Trinajstić information content (AvgIpc) is 2.95. The van der Waals surface area contributed by atoms with E-state index in [0.29, 0.717) is 12.1 Å². The molecule has 4 nitrogen and oxygen atoms in total. The van der Waals surface area contributed by atoms with Gasteiger partial charge in [-0.2, -0.15) is 48.3 Å². The number of rotatable bonds is 2. The third-order valence-electron chi connectivity index (χ3n) is 4.15. The minimum Gasteiger partial charge on any atom is -0.383 e. The van der Waals surface area contributed by atoms with Crippen LogP contribution < -0.4 is 5.73 Å². The lowest BCUT2D eigenvalue weighted by atomic mass is 10.1. The normalized spacial score (nSPS) is 13.8. The van der Waals surface area contributed by atoms with Crippen LogP contribution in [0.4, 0.5) is 58.5 Å². The molecule has 1 aromatic carbocycles. The van der Waals surface area contributed by atoms with Gasteiger partial charge in [0, 0.05) is 0 Å². The van der Waals surface area contributed by atoms with Crippen LogP contribution in [0.25, 0.3) is 16.7 Å². The molecular formula is C16H6F12N4. The molecule has 0 fully saturated rings. The first kappa shape index (κ1) is 23.5. The minimum atomic E-state index is -6.34. The summed E-state index contributed by atoms with van der Waals surface area (Å²) in [5.41, 5.74) is -3.40. The Kier molecular flexibility index (Phi) is 5.06. The maximum Gasteiger partial charge on any atom is 0.459 e. The number of anilines is 1. The van der Waals surface area contributed by atoms with E-state index in [1.165, 1.54) is 0 Å². The van der Waals surface area contributed by atoms with Crippen molar-refractivity contribution in [1.82, 2.24) is 14.8 Å². The Balaban J connectivity index is 2.42. The van der Waals surface area contributed by atoms with Gasteiger partial charge in [-0.1, -0.05) is 0 Å². The summed E-state index contributed by atoms with van der Waals surface area (Å²) in [5.74, 6) is -8.46. The molecule has 3 aromatic rings. The van der Waals surface area contributed by atoms with Gasteiger partial charge in [-0.05, 0) is 24.3 Å². The van der Waals surface area contributed by atoms with Crippen molar-refractivity contribution in [2.45, 2.75) is 24.5 Å². The van der Waals surface area contributed by atoms with Crippen LogP contribution in [-0.4, -0.2) is 20.9 Å². The zero-order valence-corrected chi connectivity index (χ0v) is 14.8. The second-order valence-electron chi connectivity index (χ2n) is 6.28. The van der Waals surface area contributed by atoms with E-state index in [4.69, 9.17) is 5.73 Å². The Morgan fingerprint density at radius 2 is 1.34 bits per heavy atom. The van der Waals surface area contributed by atoms with Gasteiger partial charge >= 0.3 is 24.5 Å². The molecule has 0 aliphatic carbocycles. The first-order chi connectivity index (χ1) is 14.4. The number of halogens is 12.